The van der Waals surface area contributed by atoms with Crippen LogP contribution < -0.4 is 5.32 Å². The van der Waals surface area contributed by atoms with Crippen LogP contribution in [0.3, 0.4) is 0 Å². The molecule has 0 aromatic heterocycles. The highest BCUT2D eigenvalue weighted by Crippen LogP contribution is 2.17. The van der Waals surface area contributed by atoms with Crippen molar-refractivity contribution in [2.24, 2.45) is 0 Å². The first-order valence-electron chi connectivity index (χ1n) is 7.74. The number of nitrogens with zero attached hydrogens (tertiary/aromatic N) is 1. The van der Waals surface area contributed by atoms with Gasteiger partial charge < -0.3 is 5.32 Å². The van der Waals surface area contributed by atoms with Crippen LogP contribution in [0.2, 0.25) is 0 Å². The third kappa shape index (κ3) is 5.41. The van der Waals surface area contributed by atoms with Crippen molar-refractivity contribution in [3.8, 4) is 0 Å². The highest BCUT2D eigenvalue weighted by Gasteiger charge is 2.22. The Morgan fingerprint density at radius 2 is 1.57 bits per heavy atom. The minimum atomic E-state index is -3.36. The van der Waals surface area contributed by atoms with Crippen molar-refractivity contribution < 1.29 is 8.42 Å². The van der Waals surface area contributed by atoms with Crippen molar-refractivity contribution in [3.05, 3.63) is 29.8 Å². The fourth-order valence-corrected chi connectivity index (χ4v) is 3.73. The minimum absolute atomic E-state index is 0.387. The molecule has 0 fully saturated rings. The van der Waals surface area contributed by atoms with Gasteiger partial charge in [-0.2, -0.15) is 4.31 Å². The molecule has 0 bridgehead atoms. The maximum Gasteiger partial charge on any atom is 0.243 e. The van der Waals surface area contributed by atoms with Crippen molar-refractivity contribution in [2.75, 3.05) is 13.1 Å². The predicted molar refractivity (Wildman–Crippen MR) is 87.8 cm³/mol. The van der Waals surface area contributed by atoms with Crippen molar-refractivity contribution in [2.45, 2.75) is 58.0 Å². The van der Waals surface area contributed by atoms with E-state index >= 15 is 0 Å². The Morgan fingerprint density at radius 3 is 2.00 bits per heavy atom. The van der Waals surface area contributed by atoms with Gasteiger partial charge in [0.2, 0.25) is 10.0 Å². The van der Waals surface area contributed by atoms with E-state index in [1.54, 1.807) is 16.4 Å². The molecule has 0 radical (unpaired) electrons. The highest BCUT2D eigenvalue weighted by atomic mass is 32.2. The van der Waals surface area contributed by atoms with Gasteiger partial charge in [-0.05, 0) is 30.5 Å². The third-order valence-corrected chi connectivity index (χ3v) is 5.13. The van der Waals surface area contributed by atoms with Gasteiger partial charge in [0, 0.05) is 25.7 Å². The van der Waals surface area contributed by atoms with E-state index in [0.29, 0.717) is 24.0 Å². The molecular weight excluding hydrogens is 284 g/mol. The minimum Gasteiger partial charge on any atom is -0.310 e. The Bertz CT molecular complexity index is 504. The molecule has 21 heavy (non-hydrogen) atoms. The van der Waals surface area contributed by atoms with Crippen LogP contribution in [0.25, 0.3) is 0 Å². The van der Waals surface area contributed by atoms with Crippen LogP contribution in [0.5, 0.6) is 0 Å². The SMILES string of the molecule is CCCN(CCC)S(=O)(=O)c1ccc(CNC(C)C)cc1. The van der Waals surface area contributed by atoms with Crippen LogP contribution in [0.4, 0.5) is 0 Å². The largest absolute Gasteiger partial charge is 0.310 e. The second-order valence-corrected chi connectivity index (χ2v) is 7.52. The van der Waals surface area contributed by atoms with Crippen molar-refractivity contribution >= 4 is 10.0 Å². The molecule has 0 saturated carbocycles. The predicted octanol–water partition coefficient (Wildman–Crippen LogP) is 3.00. The molecule has 1 aromatic carbocycles. The molecule has 0 saturated heterocycles. The molecule has 4 nitrogen and oxygen atoms in total. The second kappa shape index (κ2) is 8.51. The van der Waals surface area contributed by atoms with Gasteiger partial charge in [0.15, 0.2) is 0 Å². The van der Waals surface area contributed by atoms with E-state index in [4.69, 9.17) is 0 Å². The van der Waals surface area contributed by atoms with E-state index in [2.05, 4.69) is 19.2 Å². The van der Waals surface area contributed by atoms with Crippen molar-refractivity contribution in [1.29, 1.82) is 0 Å². The fourth-order valence-electron chi connectivity index (χ4n) is 2.10. The van der Waals surface area contributed by atoms with Gasteiger partial charge in [0.25, 0.3) is 0 Å². The van der Waals surface area contributed by atoms with Crippen LogP contribution in [0.1, 0.15) is 46.1 Å². The second-order valence-electron chi connectivity index (χ2n) is 5.58. The average Bonchev–Trinajstić information content (AvgIpc) is 2.45. The molecule has 1 N–H and O–H groups in total. The van der Waals surface area contributed by atoms with Gasteiger partial charge in [-0.15, -0.1) is 0 Å². The van der Waals surface area contributed by atoms with Crippen LogP contribution >= 0.6 is 0 Å². The summed E-state index contributed by atoms with van der Waals surface area (Å²) in [5.41, 5.74) is 1.10. The normalized spacial score (nSPS) is 12.3. The van der Waals surface area contributed by atoms with Crippen LogP contribution in [-0.4, -0.2) is 31.9 Å². The molecule has 0 heterocycles. The number of rotatable bonds is 9. The first-order chi connectivity index (χ1) is 9.91. The summed E-state index contributed by atoms with van der Waals surface area (Å²) in [4.78, 5) is 0.387. The molecule has 0 unspecified atom stereocenters. The van der Waals surface area contributed by atoms with Crippen molar-refractivity contribution in [3.63, 3.8) is 0 Å². The zero-order chi connectivity index (χ0) is 15.9. The van der Waals surface area contributed by atoms with Gasteiger partial charge in [-0.1, -0.05) is 39.8 Å². The summed E-state index contributed by atoms with van der Waals surface area (Å²) in [5.74, 6) is 0. The molecular formula is C16H28N2O2S. The van der Waals surface area contributed by atoms with Gasteiger partial charge >= 0.3 is 0 Å². The van der Waals surface area contributed by atoms with E-state index in [-0.39, 0.29) is 0 Å². The molecule has 1 aromatic rings. The number of benzene rings is 1. The maximum absolute atomic E-state index is 12.6. The average molecular weight is 312 g/mol. The van der Waals surface area contributed by atoms with E-state index in [1.807, 2.05) is 26.0 Å². The Morgan fingerprint density at radius 1 is 1.05 bits per heavy atom. The summed E-state index contributed by atoms with van der Waals surface area (Å²) in [5, 5.41) is 3.32. The smallest absolute Gasteiger partial charge is 0.243 e. The zero-order valence-corrected chi connectivity index (χ0v) is 14.4. The lowest BCUT2D eigenvalue weighted by atomic mass is 10.2. The van der Waals surface area contributed by atoms with Gasteiger partial charge in [0.05, 0.1) is 4.90 Å². The Hall–Kier alpha value is -0.910. The van der Waals surface area contributed by atoms with E-state index in [0.717, 1.165) is 24.9 Å². The van der Waals surface area contributed by atoms with Crippen molar-refractivity contribution in [1.82, 2.24) is 9.62 Å². The zero-order valence-electron chi connectivity index (χ0n) is 13.6. The lowest BCUT2D eigenvalue weighted by molar-refractivity contribution is 0.410. The van der Waals surface area contributed by atoms with Gasteiger partial charge in [0.1, 0.15) is 0 Å². The van der Waals surface area contributed by atoms with E-state index in [1.165, 1.54) is 0 Å². The van der Waals surface area contributed by atoms with E-state index in [9.17, 15) is 8.42 Å². The summed E-state index contributed by atoms with van der Waals surface area (Å²) in [7, 11) is -3.36. The Balaban J connectivity index is 2.87. The molecule has 5 heteroatoms. The first-order valence-corrected chi connectivity index (χ1v) is 9.18. The van der Waals surface area contributed by atoms with Crippen LogP contribution in [0, 0.1) is 0 Å². The lowest BCUT2D eigenvalue weighted by Crippen LogP contribution is -2.32. The van der Waals surface area contributed by atoms with Gasteiger partial charge in [-0.3, -0.25) is 0 Å². The Labute approximate surface area is 129 Å². The summed E-state index contributed by atoms with van der Waals surface area (Å²) in [6.07, 6.45) is 1.66. The van der Waals surface area contributed by atoms with Crippen LogP contribution in [0.15, 0.2) is 29.2 Å². The summed E-state index contributed by atoms with van der Waals surface area (Å²) in [6, 6.07) is 7.62. The summed E-state index contributed by atoms with van der Waals surface area (Å²) in [6.45, 7) is 10.1. The number of hydrogen-bond acceptors (Lipinski definition) is 3. The summed E-state index contributed by atoms with van der Waals surface area (Å²) >= 11 is 0. The van der Waals surface area contributed by atoms with Gasteiger partial charge in [-0.25, -0.2) is 8.42 Å². The molecule has 1 rings (SSSR count). The highest BCUT2D eigenvalue weighted by molar-refractivity contribution is 7.89. The lowest BCUT2D eigenvalue weighted by Gasteiger charge is -2.21. The monoisotopic (exact) mass is 312 g/mol. The fraction of sp³-hybridized carbons (Fsp3) is 0.625. The molecule has 0 atom stereocenters. The molecule has 0 amide bonds. The van der Waals surface area contributed by atoms with Crippen LogP contribution in [-0.2, 0) is 16.6 Å². The Kier molecular flexibility index (Phi) is 7.35. The quantitative estimate of drug-likeness (QED) is 0.762. The number of nitrogens with one attached hydrogen (secondary N) is 1. The standard InChI is InChI=1S/C16H28N2O2S/c1-5-11-18(12-6-2)21(19,20)16-9-7-15(8-10-16)13-17-14(3)4/h7-10,14,17H,5-6,11-13H2,1-4H3. The molecule has 0 spiro atoms. The molecule has 0 aliphatic rings. The molecule has 0 aliphatic carbocycles. The maximum atomic E-state index is 12.6. The number of sulfonamides is 1. The number of hydrogen-bond donors (Lipinski definition) is 1. The third-order valence-electron chi connectivity index (χ3n) is 3.22. The molecule has 0 aliphatic heterocycles. The van der Waals surface area contributed by atoms with E-state index < -0.39 is 10.0 Å². The molecule has 120 valence electrons. The summed E-state index contributed by atoms with van der Waals surface area (Å²) < 4.78 is 26.8. The topological polar surface area (TPSA) is 49.4 Å². The first kappa shape index (κ1) is 18.1.